The van der Waals surface area contributed by atoms with Gasteiger partial charge in [-0.25, -0.2) is 4.98 Å². The van der Waals surface area contributed by atoms with Crippen LogP contribution in [0.5, 0.6) is 0 Å². The molecule has 4 heteroatoms. The van der Waals surface area contributed by atoms with Gasteiger partial charge < -0.3 is 9.73 Å². The highest BCUT2D eigenvalue weighted by Gasteiger charge is 2.17. The largest absolute Gasteiger partial charge is 0.459 e. The van der Waals surface area contributed by atoms with Crippen LogP contribution in [0.3, 0.4) is 0 Å². The molecule has 3 rings (SSSR count). The minimum absolute atomic E-state index is 0.0177. The lowest BCUT2D eigenvalue weighted by Crippen LogP contribution is -2.07. The van der Waals surface area contributed by atoms with Crippen molar-refractivity contribution in [3.63, 3.8) is 0 Å². The Bertz CT molecular complexity index is 751. The summed E-state index contributed by atoms with van der Waals surface area (Å²) in [5.74, 6) is 0.922. The second-order valence-corrected chi connectivity index (χ2v) is 5.15. The van der Waals surface area contributed by atoms with E-state index in [9.17, 15) is 0 Å². The monoisotopic (exact) mass is 286 g/mol. The zero-order valence-corrected chi connectivity index (χ0v) is 12.1. The molecule has 1 atom stereocenters. The number of fused-ring (bicyclic) bond motifs is 1. The summed E-state index contributed by atoms with van der Waals surface area (Å²) in [5.41, 5.74) is 2.87. The Morgan fingerprint density at radius 2 is 2.00 bits per heavy atom. The molecule has 1 aromatic carbocycles. The first-order chi connectivity index (χ1) is 9.66. The summed E-state index contributed by atoms with van der Waals surface area (Å²) in [6.45, 7) is 4.12. The van der Waals surface area contributed by atoms with Crippen LogP contribution in [-0.2, 0) is 0 Å². The molecule has 1 N–H and O–H groups in total. The maximum atomic E-state index is 6.07. The Morgan fingerprint density at radius 3 is 2.75 bits per heavy atom. The summed E-state index contributed by atoms with van der Waals surface area (Å²) < 4.78 is 5.95. The van der Waals surface area contributed by atoms with E-state index in [-0.39, 0.29) is 6.04 Å². The molecule has 0 aliphatic carbocycles. The standard InChI is InChI=1S/C16H15ClN2O/c1-10-12-6-3-4-8-14(12)20-15(10)11(2)19-13-7-5-9-18-16(13)17/h3-9,11,19H,1-2H3. The average molecular weight is 287 g/mol. The van der Waals surface area contributed by atoms with Crippen molar-refractivity contribution in [2.24, 2.45) is 0 Å². The van der Waals surface area contributed by atoms with Gasteiger partial charge in [-0.05, 0) is 32.0 Å². The Balaban J connectivity index is 1.95. The lowest BCUT2D eigenvalue weighted by Gasteiger charge is -2.14. The van der Waals surface area contributed by atoms with Crippen LogP contribution >= 0.6 is 11.6 Å². The molecule has 0 bridgehead atoms. The number of anilines is 1. The molecule has 20 heavy (non-hydrogen) atoms. The third-order valence-electron chi connectivity index (χ3n) is 3.40. The van der Waals surface area contributed by atoms with Gasteiger partial charge in [0, 0.05) is 17.1 Å². The van der Waals surface area contributed by atoms with E-state index in [1.807, 2.05) is 37.3 Å². The van der Waals surface area contributed by atoms with Gasteiger partial charge in [0.25, 0.3) is 0 Å². The predicted molar refractivity (Wildman–Crippen MR) is 82.2 cm³/mol. The van der Waals surface area contributed by atoms with E-state index in [1.54, 1.807) is 6.20 Å². The van der Waals surface area contributed by atoms with Crippen LogP contribution in [0.25, 0.3) is 11.0 Å². The quantitative estimate of drug-likeness (QED) is 0.691. The number of rotatable bonds is 3. The van der Waals surface area contributed by atoms with Gasteiger partial charge in [0.1, 0.15) is 11.3 Å². The van der Waals surface area contributed by atoms with Gasteiger partial charge in [-0.15, -0.1) is 0 Å². The average Bonchev–Trinajstić information content (AvgIpc) is 2.79. The number of benzene rings is 1. The van der Waals surface area contributed by atoms with Crippen molar-refractivity contribution in [3.05, 3.63) is 59.1 Å². The van der Waals surface area contributed by atoms with Gasteiger partial charge in [0.2, 0.25) is 0 Å². The van der Waals surface area contributed by atoms with Crippen LogP contribution in [0.1, 0.15) is 24.3 Å². The molecular weight excluding hydrogens is 272 g/mol. The Labute approximate surface area is 122 Å². The Kier molecular flexibility index (Phi) is 3.36. The van der Waals surface area contributed by atoms with E-state index in [0.717, 1.165) is 28.0 Å². The number of aromatic nitrogens is 1. The van der Waals surface area contributed by atoms with Crippen LogP contribution in [-0.4, -0.2) is 4.98 Å². The minimum atomic E-state index is 0.0177. The maximum absolute atomic E-state index is 6.07. The summed E-state index contributed by atoms with van der Waals surface area (Å²) in [7, 11) is 0. The van der Waals surface area contributed by atoms with Crippen molar-refractivity contribution < 1.29 is 4.42 Å². The molecule has 0 aliphatic rings. The van der Waals surface area contributed by atoms with Crippen LogP contribution in [0.2, 0.25) is 5.15 Å². The molecule has 0 fully saturated rings. The Hall–Kier alpha value is -2.00. The second kappa shape index (κ2) is 5.17. The van der Waals surface area contributed by atoms with Crippen LogP contribution in [0.15, 0.2) is 47.0 Å². The number of halogens is 1. The molecular formula is C16H15ClN2O. The number of hydrogen-bond donors (Lipinski definition) is 1. The van der Waals surface area contributed by atoms with E-state index in [4.69, 9.17) is 16.0 Å². The molecule has 0 saturated carbocycles. The van der Waals surface area contributed by atoms with Gasteiger partial charge in [-0.2, -0.15) is 0 Å². The normalized spacial score (nSPS) is 12.6. The fraction of sp³-hybridized carbons (Fsp3) is 0.188. The summed E-state index contributed by atoms with van der Waals surface area (Å²) in [6.07, 6.45) is 1.67. The van der Waals surface area contributed by atoms with Crippen LogP contribution < -0.4 is 5.32 Å². The molecule has 0 aliphatic heterocycles. The highest BCUT2D eigenvalue weighted by molar-refractivity contribution is 6.31. The van der Waals surface area contributed by atoms with E-state index < -0.39 is 0 Å². The molecule has 2 aromatic heterocycles. The molecule has 0 amide bonds. The van der Waals surface area contributed by atoms with Gasteiger partial charge in [0.05, 0.1) is 11.7 Å². The SMILES string of the molecule is Cc1c(C(C)Nc2cccnc2Cl)oc2ccccc12. The summed E-state index contributed by atoms with van der Waals surface area (Å²) in [5, 5.41) is 4.95. The Morgan fingerprint density at radius 1 is 1.20 bits per heavy atom. The highest BCUT2D eigenvalue weighted by Crippen LogP contribution is 2.31. The minimum Gasteiger partial charge on any atom is -0.459 e. The van der Waals surface area contributed by atoms with E-state index >= 15 is 0 Å². The van der Waals surface area contributed by atoms with Crippen molar-refractivity contribution in [2.45, 2.75) is 19.9 Å². The molecule has 0 saturated heterocycles. The number of furan rings is 1. The van der Waals surface area contributed by atoms with Crippen LogP contribution in [0, 0.1) is 6.92 Å². The van der Waals surface area contributed by atoms with E-state index in [1.165, 1.54) is 0 Å². The summed E-state index contributed by atoms with van der Waals surface area (Å²) in [4.78, 5) is 4.06. The zero-order chi connectivity index (χ0) is 14.1. The molecule has 0 radical (unpaired) electrons. The van der Waals surface area contributed by atoms with Crippen molar-refractivity contribution >= 4 is 28.3 Å². The lowest BCUT2D eigenvalue weighted by atomic mass is 10.1. The molecule has 3 nitrogen and oxygen atoms in total. The summed E-state index contributed by atoms with van der Waals surface area (Å²) in [6, 6.07) is 11.8. The number of nitrogens with one attached hydrogen (secondary N) is 1. The fourth-order valence-electron chi connectivity index (χ4n) is 2.40. The van der Waals surface area contributed by atoms with Gasteiger partial charge in [-0.1, -0.05) is 29.8 Å². The lowest BCUT2D eigenvalue weighted by molar-refractivity contribution is 0.522. The highest BCUT2D eigenvalue weighted by atomic mass is 35.5. The van der Waals surface area contributed by atoms with Gasteiger partial charge in [0.15, 0.2) is 5.15 Å². The van der Waals surface area contributed by atoms with E-state index in [0.29, 0.717) is 5.15 Å². The second-order valence-electron chi connectivity index (χ2n) is 4.80. The molecule has 3 aromatic rings. The first kappa shape index (κ1) is 13.0. The smallest absolute Gasteiger partial charge is 0.152 e. The molecule has 0 spiro atoms. The van der Waals surface area contributed by atoms with Gasteiger partial charge >= 0.3 is 0 Å². The third-order valence-corrected chi connectivity index (χ3v) is 3.71. The van der Waals surface area contributed by atoms with Crippen molar-refractivity contribution in [2.75, 3.05) is 5.32 Å². The number of para-hydroxylation sites is 1. The molecule has 1 unspecified atom stereocenters. The first-order valence-corrected chi connectivity index (χ1v) is 6.89. The molecule has 2 heterocycles. The predicted octanol–water partition coefficient (Wildman–Crippen LogP) is 4.96. The zero-order valence-electron chi connectivity index (χ0n) is 11.4. The third kappa shape index (κ3) is 2.25. The maximum Gasteiger partial charge on any atom is 0.152 e. The van der Waals surface area contributed by atoms with Crippen molar-refractivity contribution in [1.82, 2.24) is 4.98 Å². The molecule has 102 valence electrons. The van der Waals surface area contributed by atoms with Crippen molar-refractivity contribution in [1.29, 1.82) is 0 Å². The number of pyridine rings is 1. The topological polar surface area (TPSA) is 38.1 Å². The van der Waals surface area contributed by atoms with Crippen LogP contribution in [0.4, 0.5) is 5.69 Å². The van der Waals surface area contributed by atoms with Gasteiger partial charge in [-0.3, -0.25) is 0 Å². The fourth-order valence-corrected chi connectivity index (χ4v) is 2.57. The first-order valence-electron chi connectivity index (χ1n) is 6.52. The van der Waals surface area contributed by atoms with E-state index in [2.05, 4.69) is 23.3 Å². The van der Waals surface area contributed by atoms with Crippen molar-refractivity contribution in [3.8, 4) is 0 Å². The number of hydrogen-bond acceptors (Lipinski definition) is 3. The number of nitrogens with zero attached hydrogens (tertiary/aromatic N) is 1. The number of aryl methyl sites for hydroxylation is 1. The summed E-state index contributed by atoms with van der Waals surface area (Å²) >= 11 is 6.07.